The lowest BCUT2D eigenvalue weighted by atomic mass is 9.98. The molecule has 0 spiro atoms. The number of ether oxygens (including phenoxy) is 2. The first-order valence-electron chi connectivity index (χ1n) is 6.81. The number of hydrogen-bond acceptors (Lipinski definition) is 3. The van der Waals surface area contributed by atoms with Crippen LogP contribution in [0.25, 0.3) is 0 Å². The Morgan fingerprint density at radius 1 is 1.39 bits per heavy atom. The Labute approximate surface area is 109 Å². The first-order valence-corrected chi connectivity index (χ1v) is 6.81. The zero-order valence-electron chi connectivity index (χ0n) is 11.1. The molecule has 0 amide bonds. The third kappa shape index (κ3) is 3.24. The van der Waals surface area contributed by atoms with Crippen molar-refractivity contribution in [1.29, 1.82) is 0 Å². The van der Waals surface area contributed by atoms with E-state index in [1.54, 1.807) is 0 Å². The smallest absolute Gasteiger partial charge is 0.128 e. The minimum atomic E-state index is 0.184. The first-order chi connectivity index (χ1) is 8.85. The lowest BCUT2D eigenvalue weighted by molar-refractivity contribution is 0.101. The Morgan fingerprint density at radius 2 is 2.28 bits per heavy atom. The number of benzene rings is 1. The van der Waals surface area contributed by atoms with Crippen LogP contribution in [0.15, 0.2) is 12.1 Å². The van der Waals surface area contributed by atoms with Crippen molar-refractivity contribution in [3.05, 3.63) is 28.8 Å². The van der Waals surface area contributed by atoms with Gasteiger partial charge >= 0.3 is 0 Å². The molecule has 1 heterocycles. The lowest BCUT2D eigenvalue weighted by Gasteiger charge is -2.21. The monoisotopic (exact) mass is 250 g/mol. The van der Waals surface area contributed by atoms with Crippen LogP contribution in [-0.4, -0.2) is 24.9 Å². The molecule has 0 fully saturated rings. The summed E-state index contributed by atoms with van der Waals surface area (Å²) in [5.41, 5.74) is 3.82. The van der Waals surface area contributed by atoms with Crippen LogP contribution >= 0.6 is 0 Å². The van der Waals surface area contributed by atoms with Crippen molar-refractivity contribution >= 4 is 0 Å². The van der Waals surface area contributed by atoms with Crippen LogP contribution in [0.5, 0.6) is 5.75 Å². The summed E-state index contributed by atoms with van der Waals surface area (Å²) in [6.07, 6.45) is 3.94. The molecular weight excluding hydrogens is 228 g/mol. The third-order valence-corrected chi connectivity index (χ3v) is 3.25. The number of aliphatic hydroxyl groups is 1. The summed E-state index contributed by atoms with van der Waals surface area (Å²) in [5, 5.41) is 8.73. The highest BCUT2D eigenvalue weighted by Crippen LogP contribution is 2.31. The van der Waals surface area contributed by atoms with E-state index < -0.39 is 0 Å². The van der Waals surface area contributed by atoms with Gasteiger partial charge < -0.3 is 14.6 Å². The summed E-state index contributed by atoms with van der Waals surface area (Å²) < 4.78 is 11.4. The maximum atomic E-state index is 8.73. The summed E-state index contributed by atoms with van der Waals surface area (Å²) in [4.78, 5) is 0. The molecule has 3 nitrogen and oxygen atoms in total. The van der Waals surface area contributed by atoms with Crippen molar-refractivity contribution in [3.63, 3.8) is 0 Å². The Bertz CT molecular complexity index is 388. The molecule has 1 aliphatic heterocycles. The van der Waals surface area contributed by atoms with Crippen LogP contribution in [0, 0.1) is 0 Å². The third-order valence-electron chi connectivity index (χ3n) is 3.25. The van der Waals surface area contributed by atoms with Crippen molar-refractivity contribution in [2.24, 2.45) is 0 Å². The summed E-state index contributed by atoms with van der Waals surface area (Å²) in [6.45, 7) is 4.34. The molecule has 1 aromatic rings. The van der Waals surface area contributed by atoms with E-state index in [1.807, 2.05) is 0 Å². The molecule has 1 aliphatic rings. The average molecular weight is 250 g/mol. The SMILES string of the molecule is CCc1cc2c(c(COCCCO)c1)OCCC2. The van der Waals surface area contributed by atoms with Gasteiger partial charge in [-0.05, 0) is 42.9 Å². The van der Waals surface area contributed by atoms with E-state index in [-0.39, 0.29) is 6.61 Å². The highest BCUT2D eigenvalue weighted by Gasteiger charge is 2.15. The molecule has 0 radical (unpaired) electrons. The fourth-order valence-corrected chi connectivity index (χ4v) is 2.29. The van der Waals surface area contributed by atoms with Crippen molar-refractivity contribution in [2.75, 3.05) is 19.8 Å². The molecule has 100 valence electrons. The van der Waals surface area contributed by atoms with Crippen molar-refractivity contribution in [1.82, 2.24) is 0 Å². The van der Waals surface area contributed by atoms with E-state index in [0.29, 0.717) is 19.6 Å². The molecule has 1 aromatic carbocycles. The van der Waals surface area contributed by atoms with Crippen LogP contribution in [-0.2, 0) is 24.2 Å². The van der Waals surface area contributed by atoms with Gasteiger partial charge in [-0.3, -0.25) is 0 Å². The van der Waals surface area contributed by atoms with E-state index in [0.717, 1.165) is 37.2 Å². The van der Waals surface area contributed by atoms with Crippen LogP contribution in [0.1, 0.15) is 36.5 Å². The highest BCUT2D eigenvalue weighted by molar-refractivity contribution is 5.45. The molecule has 2 rings (SSSR count). The van der Waals surface area contributed by atoms with Crippen molar-refractivity contribution in [3.8, 4) is 5.75 Å². The molecule has 0 atom stereocenters. The van der Waals surface area contributed by atoms with Crippen LogP contribution < -0.4 is 4.74 Å². The van der Waals surface area contributed by atoms with Crippen LogP contribution in [0.4, 0.5) is 0 Å². The minimum absolute atomic E-state index is 0.184. The van der Waals surface area contributed by atoms with Crippen LogP contribution in [0.3, 0.4) is 0 Å². The van der Waals surface area contributed by atoms with Gasteiger partial charge in [-0.2, -0.15) is 0 Å². The molecule has 0 aliphatic carbocycles. The molecule has 0 unspecified atom stereocenters. The van der Waals surface area contributed by atoms with Gasteiger partial charge in [0.05, 0.1) is 13.2 Å². The normalized spacial score (nSPS) is 14.1. The average Bonchev–Trinajstić information content (AvgIpc) is 2.43. The molecular formula is C15H22O3. The molecule has 0 saturated heterocycles. The van der Waals surface area contributed by atoms with Gasteiger partial charge in [0.15, 0.2) is 0 Å². The van der Waals surface area contributed by atoms with E-state index in [4.69, 9.17) is 14.6 Å². The summed E-state index contributed by atoms with van der Waals surface area (Å²) in [7, 11) is 0. The Hall–Kier alpha value is -1.06. The predicted molar refractivity (Wildman–Crippen MR) is 71.0 cm³/mol. The fraction of sp³-hybridized carbons (Fsp3) is 0.600. The predicted octanol–water partition coefficient (Wildman–Crippen LogP) is 2.47. The molecule has 0 saturated carbocycles. The van der Waals surface area contributed by atoms with Gasteiger partial charge in [-0.15, -0.1) is 0 Å². The van der Waals surface area contributed by atoms with Gasteiger partial charge in [-0.25, -0.2) is 0 Å². The number of aliphatic hydroxyl groups excluding tert-OH is 1. The topological polar surface area (TPSA) is 38.7 Å². The number of rotatable bonds is 6. The summed E-state index contributed by atoms with van der Waals surface area (Å²) in [6, 6.07) is 4.44. The van der Waals surface area contributed by atoms with Crippen LogP contribution in [0.2, 0.25) is 0 Å². The highest BCUT2D eigenvalue weighted by atomic mass is 16.5. The van der Waals surface area contributed by atoms with E-state index in [9.17, 15) is 0 Å². The maximum Gasteiger partial charge on any atom is 0.128 e. The maximum absolute atomic E-state index is 8.73. The summed E-state index contributed by atoms with van der Waals surface area (Å²) in [5.74, 6) is 1.03. The minimum Gasteiger partial charge on any atom is -0.493 e. The van der Waals surface area contributed by atoms with E-state index in [2.05, 4.69) is 19.1 Å². The molecule has 0 bridgehead atoms. The largest absolute Gasteiger partial charge is 0.493 e. The summed E-state index contributed by atoms with van der Waals surface area (Å²) >= 11 is 0. The second kappa shape index (κ2) is 6.76. The van der Waals surface area contributed by atoms with Crippen molar-refractivity contribution in [2.45, 2.75) is 39.2 Å². The van der Waals surface area contributed by atoms with Gasteiger partial charge in [0.25, 0.3) is 0 Å². The zero-order chi connectivity index (χ0) is 12.8. The first kappa shape index (κ1) is 13.4. The molecule has 1 N–H and O–H groups in total. The zero-order valence-corrected chi connectivity index (χ0v) is 11.1. The lowest BCUT2D eigenvalue weighted by Crippen LogP contribution is -2.12. The standard InChI is InChI=1S/C15H22O3/c1-2-12-9-13-5-3-8-18-15(13)14(10-12)11-17-7-4-6-16/h9-10,16H,2-8,11H2,1H3. The molecule has 3 heteroatoms. The van der Waals surface area contributed by atoms with Gasteiger partial charge in [0, 0.05) is 18.8 Å². The quantitative estimate of drug-likeness (QED) is 0.788. The van der Waals surface area contributed by atoms with E-state index in [1.165, 1.54) is 11.1 Å². The Balaban J connectivity index is 2.11. The van der Waals surface area contributed by atoms with Gasteiger partial charge in [0.2, 0.25) is 0 Å². The number of fused-ring (bicyclic) bond motifs is 1. The second-order valence-electron chi connectivity index (χ2n) is 4.68. The molecule has 0 aromatic heterocycles. The van der Waals surface area contributed by atoms with Gasteiger partial charge in [0.1, 0.15) is 5.75 Å². The Morgan fingerprint density at radius 3 is 3.06 bits per heavy atom. The Kier molecular flexibility index (Phi) is 5.02. The number of aryl methyl sites for hydroxylation is 2. The van der Waals surface area contributed by atoms with E-state index >= 15 is 0 Å². The molecule has 18 heavy (non-hydrogen) atoms. The van der Waals surface area contributed by atoms with Crippen molar-refractivity contribution < 1.29 is 14.6 Å². The number of hydrogen-bond donors (Lipinski definition) is 1. The van der Waals surface area contributed by atoms with Gasteiger partial charge in [-0.1, -0.05) is 13.0 Å². The second-order valence-corrected chi connectivity index (χ2v) is 4.68. The fourth-order valence-electron chi connectivity index (χ4n) is 2.29.